The van der Waals surface area contributed by atoms with Gasteiger partial charge in [0.2, 0.25) is 0 Å². The van der Waals surface area contributed by atoms with Gasteiger partial charge in [0.25, 0.3) is 0 Å². The molecule has 16 heavy (non-hydrogen) atoms. The minimum absolute atomic E-state index is 0.0394. The predicted octanol–water partition coefficient (Wildman–Crippen LogP) is 0.0799. The molecular formula is C9H11N5O2. The molecule has 0 saturated carbocycles. The van der Waals surface area contributed by atoms with Crippen LogP contribution in [0.5, 0.6) is 0 Å². The van der Waals surface area contributed by atoms with Crippen molar-refractivity contribution in [1.82, 2.24) is 20.2 Å². The van der Waals surface area contributed by atoms with Crippen LogP contribution in [0.25, 0.3) is 11.0 Å². The first-order chi connectivity index (χ1) is 7.75. The molecule has 0 aromatic carbocycles. The minimum Gasteiger partial charge on any atom is -0.382 e. The Morgan fingerprint density at radius 3 is 3.12 bits per heavy atom. The van der Waals surface area contributed by atoms with Crippen molar-refractivity contribution in [1.29, 1.82) is 0 Å². The second-order valence-corrected chi connectivity index (χ2v) is 3.79. The molecule has 7 heteroatoms. The Labute approximate surface area is 90.0 Å². The first-order valence-electron chi connectivity index (χ1n) is 5.11. The van der Waals surface area contributed by atoms with Gasteiger partial charge >= 0.3 is 5.69 Å². The van der Waals surface area contributed by atoms with Crippen molar-refractivity contribution in [3.8, 4) is 0 Å². The zero-order chi connectivity index (χ0) is 11.1. The van der Waals surface area contributed by atoms with E-state index in [0.717, 1.165) is 25.1 Å². The molecule has 2 aromatic heterocycles. The van der Waals surface area contributed by atoms with Crippen LogP contribution in [-0.2, 0) is 4.74 Å². The topological polar surface area (TPSA) is 110 Å². The molecule has 1 aliphatic rings. The summed E-state index contributed by atoms with van der Waals surface area (Å²) in [5.41, 5.74) is 7.02. The number of hydrogen-bond acceptors (Lipinski definition) is 5. The third kappa shape index (κ3) is 1.28. The summed E-state index contributed by atoms with van der Waals surface area (Å²) in [5.74, 6) is 0.138. The normalized spacial score (nSPS) is 20.6. The molecule has 2 aromatic rings. The van der Waals surface area contributed by atoms with Gasteiger partial charge in [0.05, 0.1) is 11.2 Å². The Balaban J connectivity index is 2.22. The van der Waals surface area contributed by atoms with Crippen LogP contribution in [0.1, 0.15) is 24.6 Å². The maximum Gasteiger partial charge on any atom is 0.347 e. The number of hydrogen-bond donors (Lipinski definition) is 3. The Morgan fingerprint density at radius 1 is 1.50 bits per heavy atom. The van der Waals surface area contributed by atoms with Gasteiger partial charge in [-0.15, -0.1) is 0 Å². The van der Waals surface area contributed by atoms with Crippen LogP contribution in [0.2, 0.25) is 0 Å². The Kier molecular flexibility index (Phi) is 1.93. The second-order valence-electron chi connectivity index (χ2n) is 3.79. The highest BCUT2D eigenvalue weighted by Crippen LogP contribution is 2.31. The van der Waals surface area contributed by atoms with E-state index < -0.39 is 5.69 Å². The number of nitrogens with one attached hydrogen (secondary N) is 2. The SMILES string of the molecule is Nc1nc(=O)[nH]c2c(C3CCCO3)[nH]nc12. The lowest BCUT2D eigenvalue weighted by Crippen LogP contribution is -2.13. The van der Waals surface area contributed by atoms with Crippen LogP contribution >= 0.6 is 0 Å². The summed E-state index contributed by atoms with van der Waals surface area (Å²) in [4.78, 5) is 17.5. The van der Waals surface area contributed by atoms with E-state index in [2.05, 4.69) is 20.2 Å². The van der Waals surface area contributed by atoms with Gasteiger partial charge < -0.3 is 15.5 Å². The molecule has 0 bridgehead atoms. The number of nitrogens with two attached hydrogens (primary N) is 1. The smallest absolute Gasteiger partial charge is 0.347 e. The lowest BCUT2D eigenvalue weighted by Gasteiger charge is -2.06. The fourth-order valence-corrected chi connectivity index (χ4v) is 2.00. The standard InChI is InChI=1S/C9H11N5O2/c10-8-7-6(11-9(15)12-8)5(13-14-7)4-2-1-3-16-4/h4H,1-3H2,(H,13,14)(H3,10,11,12,15). The van der Waals surface area contributed by atoms with E-state index >= 15 is 0 Å². The number of aromatic amines is 2. The number of nitrogens with zero attached hydrogens (tertiary/aromatic N) is 2. The van der Waals surface area contributed by atoms with Gasteiger partial charge in [0, 0.05) is 6.61 Å². The Morgan fingerprint density at radius 2 is 2.38 bits per heavy atom. The van der Waals surface area contributed by atoms with Gasteiger partial charge in [0.15, 0.2) is 11.3 Å². The monoisotopic (exact) mass is 221 g/mol. The lowest BCUT2D eigenvalue weighted by molar-refractivity contribution is 0.109. The van der Waals surface area contributed by atoms with E-state index in [1.54, 1.807) is 0 Å². The zero-order valence-electron chi connectivity index (χ0n) is 8.49. The maximum absolute atomic E-state index is 11.2. The van der Waals surface area contributed by atoms with E-state index in [1.165, 1.54) is 0 Å². The van der Waals surface area contributed by atoms with Gasteiger partial charge in [0.1, 0.15) is 6.10 Å². The van der Waals surface area contributed by atoms with Crippen LogP contribution < -0.4 is 11.4 Å². The molecule has 1 aliphatic heterocycles. The second kappa shape index (κ2) is 3.31. The van der Waals surface area contributed by atoms with Crippen LogP contribution in [-0.4, -0.2) is 26.8 Å². The molecule has 1 saturated heterocycles. The molecule has 0 radical (unpaired) electrons. The van der Waals surface area contributed by atoms with E-state index in [-0.39, 0.29) is 11.9 Å². The Bertz CT molecular complexity index is 581. The van der Waals surface area contributed by atoms with Crippen LogP contribution in [0.15, 0.2) is 4.79 Å². The van der Waals surface area contributed by atoms with Crippen molar-refractivity contribution in [3.05, 3.63) is 16.2 Å². The quantitative estimate of drug-likeness (QED) is 0.631. The van der Waals surface area contributed by atoms with Gasteiger partial charge in [-0.2, -0.15) is 10.1 Å². The summed E-state index contributed by atoms with van der Waals surface area (Å²) in [6, 6.07) is 0. The number of H-pyrrole nitrogens is 2. The van der Waals surface area contributed by atoms with E-state index in [9.17, 15) is 4.79 Å². The van der Waals surface area contributed by atoms with Crippen molar-refractivity contribution >= 4 is 16.9 Å². The fraction of sp³-hybridized carbons (Fsp3) is 0.444. The first kappa shape index (κ1) is 9.34. The van der Waals surface area contributed by atoms with E-state index in [1.807, 2.05) is 0 Å². The van der Waals surface area contributed by atoms with Crippen molar-refractivity contribution in [3.63, 3.8) is 0 Å². The van der Waals surface area contributed by atoms with Crippen molar-refractivity contribution in [2.24, 2.45) is 0 Å². The molecule has 1 fully saturated rings. The molecule has 0 amide bonds. The fourth-order valence-electron chi connectivity index (χ4n) is 2.00. The van der Waals surface area contributed by atoms with Crippen LogP contribution in [0.3, 0.4) is 0 Å². The van der Waals surface area contributed by atoms with Crippen LogP contribution in [0.4, 0.5) is 5.82 Å². The number of aromatic nitrogens is 4. The molecule has 0 aliphatic carbocycles. The third-order valence-corrected chi connectivity index (χ3v) is 2.74. The van der Waals surface area contributed by atoms with Crippen molar-refractivity contribution in [2.45, 2.75) is 18.9 Å². The number of nitrogen functional groups attached to an aromatic ring is 1. The van der Waals surface area contributed by atoms with Crippen molar-refractivity contribution in [2.75, 3.05) is 12.3 Å². The first-order valence-corrected chi connectivity index (χ1v) is 5.11. The van der Waals surface area contributed by atoms with Gasteiger partial charge in [-0.1, -0.05) is 0 Å². The molecule has 3 rings (SSSR count). The Hall–Kier alpha value is -1.89. The third-order valence-electron chi connectivity index (χ3n) is 2.74. The molecule has 0 spiro atoms. The van der Waals surface area contributed by atoms with Gasteiger partial charge in [-0.25, -0.2) is 4.79 Å². The zero-order valence-corrected chi connectivity index (χ0v) is 8.49. The molecule has 1 unspecified atom stereocenters. The molecule has 1 atom stereocenters. The van der Waals surface area contributed by atoms with Gasteiger partial charge in [-0.05, 0) is 12.8 Å². The number of rotatable bonds is 1. The number of ether oxygens (including phenoxy) is 1. The minimum atomic E-state index is -0.467. The largest absolute Gasteiger partial charge is 0.382 e. The highest BCUT2D eigenvalue weighted by Gasteiger charge is 2.23. The summed E-state index contributed by atoms with van der Waals surface area (Å²) in [5, 5.41) is 6.90. The number of fused-ring (bicyclic) bond motifs is 1. The predicted molar refractivity (Wildman–Crippen MR) is 56.8 cm³/mol. The highest BCUT2D eigenvalue weighted by molar-refractivity contribution is 5.85. The van der Waals surface area contributed by atoms with Crippen molar-refractivity contribution < 1.29 is 4.74 Å². The highest BCUT2D eigenvalue weighted by atomic mass is 16.5. The molecule has 3 heterocycles. The molecule has 4 N–H and O–H groups in total. The van der Waals surface area contributed by atoms with Crippen LogP contribution in [0, 0.1) is 0 Å². The molecule has 7 nitrogen and oxygen atoms in total. The number of anilines is 1. The van der Waals surface area contributed by atoms with E-state index in [0.29, 0.717) is 11.0 Å². The van der Waals surface area contributed by atoms with Gasteiger partial charge in [-0.3, -0.25) is 5.10 Å². The average Bonchev–Trinajstić information content (AvgIpc) is 2.83. The molecule has 84 valence electrons. The maximum atomic E-state index is 11.2. The summed E-state index contributed by atoms with van der Waals surface area (Å²) < 4.78 is 5.53. The lowest BCUT2D eigenvalue weighted by atomic mass is 10.1. The summed E-state index contributed by atoms with van der Waals surface area (Å²) >= 11 is 0. The van der Waals surface area contributed by atoms with E-state index in [4.69, 9.17) is 10.5 Å². The summed E-state index contributed by atoms with van der Waals surface area (Å²) in [7, 11) is 0. The summed E-state index contributed by atoms with van der Waals surface area (Å²) in [6.45, 7) is 0.732. The summed E-state index contributed by atoms with van der Waals surface area (Å²) in [6.07, 6.45) is 1.89. The average molecular weight is 221 g/mol. The molecular weight excluding hydrogens is 210 g/mol.